The molecule has 0 atom stereocenters. The van der Waals surface area contributed by atoms with Crippen LogP contribution in [0.5, 0.6) is 0 Å². The fourth-order valence-electron chi connectivity index (χ4n) is 1.13. The maximum absolute atomic E-state index is 11.8. The van der Waals surface area contributed by atoms with Crippen LogP contribution < -0.4 is 5.32 Å². The molecule has 1 aromatic rings. The number of aromatic nitrogens is 1. The first kappa shape index (κ1) is 12.2. The zero-order valence-electron chi connectivity index (χ0n) is 9.44. The molecule has 0 aliphatic carbocycles. The molecule has 0 radical (unpaired) electrons. The van der Waals surface area contributed by atoms with E-state index in [9.17, 15) is 9.59 Å². The van der Waals surface area contributed by atoms with E-state index in [2.05, 4.69) is 10.3 Å². The van der Waals surface area contributed by atoms with Gasteiger partial charge in [0, 0.05) is 11.9 Å². The first-order valence-corrected chi connectivity index (χ1v) is 4.82. The fourth-order valence-corrected chi connectivity index (χ4v) is 1.13. The van der Waals surface area contributed by atoms with Crippen LogP contribution in [-0.2, 0) is 4.79 Å². The van der Waals surface area contributed by atoms with Crippen LogP contribution >= 0.6 is 0 Å². The van der Waals surface area contributed by atoms with Gasteiger partial charge in [-0.1, -0.05) is 0 Å². The van der Waals surface area contributed by atoms with Crippen molar-refractivity contribution in [2.45, 2.75) is 26.3 Å². The van der Waals surface area contributed by atoms with Crippen molar-refractivity contribution in [2.75, 3.05) is 0 Å². The van der Waals surface area contributed by atoms with Gasteiger partial charge in [-0.25, -0.2) is 4.79 Å². The molecule has 0 saturated heterocycles. The molecule has 0 unspecified atom stereocenters. The van der Waals surface area contributed by atoms with Crippen LogP contribution in [0.1, 0.15) is 29.9 Å². The number of carbonyl (C=O) groups excluding carboxylic acids is 1. The van der Waals surface area contributed by atoms with Gasteiger partial charge in [0.25, 0.3) is 5.91 Å². The lowest BCUT2D eigenvalue weighted by Crippen LogP contribution is -2.49. The van der Waals surface area contributed by atoms with E-state index < -0.39 is 17.4 Å². The number of rotatable bonds is 3. The van der Waals surface area contributed by atoms with Gasteiger partial charge in [0.05, 0.1) is 5.56 Å². The van der Waals surface area contributed by atoms with Crippen LogP contribution in [0.2, 0.25) is 0 Å². The Morgan fingerprint density at radius 1 is 1.44 bits per heavy atom. The van der Waals surface area contributed by atoms with Crippen LogP contribution in [0.25, 0.3) is 0 Å². The Bertz CT molecular complexity index is 427. The minimum Gasteiger partial charge on any atom is -0.480 e. The Hall–Kier alpha value is -1.91. The topological polar surface area (TPSA) is 79.3 Å². The van der Waals surface area contributed by atoms with E-state index in [1.165, 1.54) is 13.8 Å². The predicted octanol–water partition coefficient (Wildman–Crippen LogP) is 0.983. The van der Waals surface area contributed by atoms with Crippen molar-refractivity contribution < 1.29 is 14.7 Å². The van der Waals surface area contributed by atoms with Gasteiger partial charge in [0.1, 0.15) is 5.54 Å². The molecule has 86 valence electrons. The number of hydrogen-bond donors (Lipinski definition) is 2. The molecule has 0 bridgehead atoms. The first-order valence-electron chi connectivity index (χ1n) is 4.82. The smallest absolute Gasteiger partial charge is 0.328 e. The molecule has 1 rings (SSSR count). The van der Waals surface area contributed by atoms with E-state index in [1.807, 2.05) is 0 Å². The second-order valence-corrected chi connectivity index (χ2v) is 4.02. The van der Waals surface area contributed by atoms with Crippen molar-refractivity contribution in [3.63, 3.8) is 0 Å². The summed E-state index contributed by atoms with van der Waals surface area (Å²) in [6.07, 6.45) is 1.58. The Balaban J connectivity index is 2.89. The predicted molar refractivity (Wildman–Crippen MR) is 58.2 cm³/mol. The first-order chi connectivity index (χ1) is 7.34. The standard InChI is InChI=1S/C11H14N2O3/c1-7-8(5-4-6-12-7)9(14)13-11(2,3)10(15)16/h4-6H,1-3H3,(H,13,14)(H,15,16). The third-order valence-corrected chi connectivity index (χ3v) is 2.21. The van der Waals surface area contributed by atoms with Gasteiger partial charge in [-0.3, -0.25) is 9.78 Å². The maximum Gasteiger partial charge on any atom is 0.328 e. The second kappa shape index (κ2) is 4.30. The van der Waals surface area contributed by atoms with E-state index in [1.54, 1.807) is 25.3 Å². The van der Waals surface area contributed by atoms with E-state index in [-0.39, 0.29) is 0 Å². The van der Waals surface area contributed by atoms with Crippen molar-refractivity contribution in [3.8, 4) is 0 Å². The van der Waals surface area contributed by atoms with E-state index in [0.29, 0.717) is 11.3 Å². The van der Waals surface area contributed by atoms with Crippen molar-refractivity contribution in [2.24, 2.45) is 0 Å². The van der Waals surface area contributed by atoms with Crippen LogP contribution in [-0.4, -0.2) is 27.5 Å². The molecule has 1 amide bonds. The van der Waals surface area contributed by atoms with E-state index >= 15 is 0 Å². The average molecular weight is 222 g/mol. The molecule has 0 aliphatic rings. The largest absolute Gasteiger partial charge is 0.480 e. The summed E-state index contributed by atoms with van der Waals surface area (Å²) in [7, 11) is 0. The molecule has 5 heteroatoms. The summed E-state index contributed by atoms with van der Waals surface area (Å²) in [5, 5.41) is 11.3. The van der Waals surface area contributed by atoms with Gasteiger partial charge < -0.3 is 10.4 Å². The summed E-state index contributed by atoms with van der Waals surface area (Å²) >= 11 is 0. The van der Waals surface area contributed by atoms with Gasteiger partial charge in [-0.05, 0) is 32.9 Å². The molecule has 1 aromatic heterocycles. The molecular formula is C11H14N2O3. The number of nitrogens with one attached hydrogen (secondary N) is 1. The Morgan fingerprint density at radius 3 is 2.56 bits per heavy atom. The monoisotopic (exact) mass is 222 g/mol. The SMILES string of the molecule is Cc1ncccc1C(=O)NC(C)(C)C(=O)O. The highest BCUT2D eigenvalue weighted by Crippen LogP contribution is 2.08. The summed E-state index contributed by atoms with van der Waals surface area (Å²) in [5.41, 5.74) is -0.336. The van der Waals surface area contributed by atoms with Crippen molar-refractivity contribution in [1.82, 2.24) is 10.3 Å². The number of amides is 1. The van der Waals surface area contributed by atoms with Gasteiger partial charge >= 0.3 is 5.97 Å². The van der Waals surface area contributed by atoms with Crippen molar-refractivity contribution >= 4 is 11.9 Å². The third-order valence-electron chi connectivity index (χ3n) is 2.21. The molecule has 0 fully saturated rings. The number of nitrogens with zero attached hydrogens (tertiary/aromatic N) is 1. The molecule has 0 saturated carbocycles. The van der Waals surface area contributed by atoms with Gasteiger partial charge in [-0.2, -0.15) is 0 Å². The zero-order chi connectivity index (χ0) is 12.3. The van der Waals surface area contributed by atoms with Crippen LogP contribution in [0.3, 0.4) is 0 Å². The van der Waals surface area contributed by atoms with Gasteiger partial charge in [0.15, 0.2) is 0 Å². The molecular weight excluding hydrogens is 208 g/mol. The number of carboxylic acid groups (broad SMARTS) is 1. The van der Waals surface area contributed by atoms with Crippen molar-refractivity contribution in [3.05, 3.63) is 29.6 Å². The number of carboxylic acids is 1. The summed E-state index contributed by atoms with van der Waals surface area (Å²) in [4.78, 5) is 26.6. The summed E-state index contributed by atoms with van der Waals surface area (Å²) < 4.78 is 0. The fraction of sp³-hybridized carbons (Fsp3) is 0.364. The number of hydrogen-bond acceptors (Lipinski definition) is 3. The number of pyridine rings is 1. The highest BCUT2D eigenvalue weighted by molar-refractivity contribution is 5.98. The molecule has 0 spiro atoms. The highest BCUT2D eigenvalue weighted by Gasteiger charge is 2.29. The summed E-state index contributed by atoms with van der Waals surface area (Å²) in [5.74, 6) is -1.51. The molecule has 1 heterocycles. The summed E-state index contributed by atoms with van der Waals surface area (Å²) in [6.45, 7) is 4.56. The third kappa shape index (κ3) is 2.56. The molecule has 0 aromatic carbocycles. The Kier molecular flexibility index (Phi) is 3.27. The number of aryl methyl sites for hydroxylation is 1. The highest BCUT2D eigenvalue weighted by atomic mass is 16.4. The molecule has 2 N–H and O–H groups in total. The lowest BCUT2D eigenvalue weighted by Gasteiger charge is -2.21. The number of carbonyl (C=O) groups is 2. The average Bonchev–Trinajstić information content (AvgIpc) is 2.17. The quantitative estimate of drug-likeness (QED) is 0.799. The lowest BCUT2D eigenvalue weighted by atomic mass is 10.0. The minimum atomic E-state index is -1.29. The minimum absolute atomic E-state index is 0.386. The zero-order valence-corrected chi connectivity index (χ0v) is 9.44. The van der Waals surface area contributed by atoms with E-state index in [0.717, 1.165) is 0 Å². The lowest BCUT2D eigenvalue weighted by molar-refractivity contribution is -0.143. The molecule has 16 heavy (non-hydrogen) atoms. The Labute approximate surface area is 93.5 Å². The van der Waals surface area contributed by atoms with Gasteiger partial charge in [0.2, 0.25) is 0 Å². The van der Waals surface area contributed by atoms with Crippen LogP contribution in [0, 0.1) is 6.92 Å². The normalized spacial score (nSPS) is 10.9. The summed E-state index contributed by atoms with van der Waals surface area (Å²) in [6, 6.07) is 3.24. The molecule has 5 nitrogen and oxygen atoms in total. The maximum atomic E-state index is 11.8. The molecule has 0 aliphatic heterocycles. The van der Waals surface area contributed by atoms with Crippen LogP contribution in [0.15, 0.2) is 18.3 Å². The van der Waals surface area contributed by atoms with Crippen LogP contribution in [0.4, 0.5) is 0 Å². The number of aliphatic carboxylic acids is 1. The van der Waals surface area contributed by atoms with Gasteiger partial charge in [-0.15, -0.1) is 0 Å². The van der Waals surface area contributed by atoms with Crippen molar-refractivity contribution in [1.29, 1.82) is 0 Å². The Morgan fingerprint density at radius 2 is 2.06 bits per heavy atom. The second-order valence-electron chi connectivity index (χ2n) is 4.02. The van der Waals surface area contributed by atoms with E-state index in [4.69, 9.17) is 5.11 Å².